The molecule has 1 aromatic heterocycles. The maximum atomic E-state index is 11.4. The SMILES string of the molecule is C=C(C)CC(=O)c1csc(Br)c1. The first-order valence-corrected chi connectivity index (χ1v) is 5.18. The van der Waals surface area contributed by atoms with Crippen LogP contribution in [0.25, 0.3) is 0 Å². The number of rotatable bonds is 3. The number of Topliss-reactive ketones (excluding diaryl/α,β-unsaturated/α-hetero) is 1. The lowest BCUT2D eigenvalue weighted by Crippen LogP contribution is -1.96. The summed E-state index contributed by atoms with van der Waals surface area (Å²) in [6, 6.07) is 1.84. The summed E-state index contributed by atoms with van der Waals surface area (Å²) >= 11 is 4.84. The summed E-state index contributed by atoms with van der Waals surface area (Å²) in [6.45, 7) is 5.56. The average molecular weight is 245 g/mol. The lowest BCUT2D eigenvalue weighted by molar-refractivity contribution is 0.0993. The first-order valence-electron chi connectivity index (χ1n) is 3.51. The molecule has 0 spiro atoms. The second kappa shape index (κ2) is 4.01. The van der Waals surface area contributed by atoms with E-state index < -0.39 is 0 Å². The smallest absolute Gasteiger partial charge is 0.167 e. The van der Waals surface area contributed by atoms with Crippen molar-refractivity contribution in [2.24, 2.45) is 0 Å². The molecule has 12 heavy (non-hydrogen) atoms. The van der Waals surface area contributed by atoms with Crippen LogP contribution in [0.15, 0.2) is 27.4 Å². The highest BCUT2D eigenvalue weighted by Gasteiger charge is 2.07. The lowest BCUT2D eigenvalue weighted by atomic mass is 10.1. The molecule has 64 valence electrons. The number of allylic oxidation sites excluding steroid dienone is 1. The van der Waals surface area contributed by atoms with E-state index in [1.807, 2.05) is 18.4 Å². The summed E-state index contributed by atoms with van der Waals surface area (Å²) in [7, 11) is 0. The second-order valence-corrected chi connectivity index (χ2v) is 4.99. The predicted molar refractivity (Wildman–Crippen MR) is 55.8 cm³/mol. The van der Waals surface area contributed by atoms with Crippen LogP contribution in [0.2, 0.25) is 0 Å². The Bertz CT molecular complexity index is 314. The lowest BCUT2D eigenvalue weighted by Gasteiger charge is -1.94. The number of carbonyl (C=O) groups excluding carboxylic acids is 1. The van der Waals surface area contributed by atoms with Crippen molar-refractivity contribution in [1.29, 1.82) is 0 Å². The zero-order valence-corrected chi connectivity index (χ0v) is 9.17. The van der Waals surface area contributed by atoms with E-state index in [0.29, 0.717) is 6.42 Å². The molecular formula is C9H9BrOS. The van der Waals surface area contributed by atoms with Gasteiger partial charge in [0, 0.05) is 17.4 Å². The van der Waals surface area contributed by atoms with Gasteiger partial charge in [-0.25, -0.2) is 0 Å². The van der Waals surface area contributed by atoms with Gasteiger partial charge in [-0.05, 0) is 28.9 Å². The van der Waals surface area contributed by atoms with E-state index in [1.54, 1.807) is 0 Å². The van der Waals surface area contributed by atoms with E-state index in [9.17, 15) is 4.79 Å². The quantitative estimate of drug-likeness (QED) is 0.586. The molecule has 0 amide bonds. The minimum Gasteiger partial charge on any atom is -0.294 e. The van der Waals surface area contributed by atoms with Gasteiger partial charge in [-0.3, -0.25) is 4.79 Å². The maximum absolute atomic E-state index is 11.4. The van der Waals surface area contributed by atoms with Crippen LogP contribution in [0.5, 0.6) is 0 Å². The molecule has 0 aliphatic carbocycles. The van der Waals surface area contributed by atoms with Gasteiger partial charge in [-0.2, -0.15) is 0 Å². The maximum Gasteiger partial charge on any atom is 0.167 e. The molecule has 0 N–H and O–H groups in total. The van der Waals surface area contributed by atoms with E-state index in [-0.39, 0.29) is 5.78 Å². The fourth-order valence-electron chi connectivity index (χ4n) is 0.832. The van der Waals surface area contributed by atoms with Crippen LogP contribution in [0.1, 0.15) is 23.7 Å². The molecule has 3 heteroatoms. The minimum absolute atomic E-state index is 0.143. The number of carbonyl (C=O) groups is 1. The molecule has 1 rings (SSSR count). The molecule has 0 radical (unpaired) electrons. The molecule has 0 atom stereocenters. The van der Waals surface area contributed by atoms with E-state index in [2.05, 4.69) is 22.5 Å². The summed E-state index contributed by atoms with van der Waals surface area (Å²) < 4.78 is 0.993. The van der Waals surface area contributed by atoms with Crippen molar-refractivity contribution in [1.82, 2.24) is 0 Å². The van der Waals surface area contributed by atoms with Crippen LogP contribution in [0.3, 0.4) is 0 Å². The van der Waals surface area contributed by atoms with Crippen LogP contribution >= 0.6 is 27.3 Å². The Morgan fingerprint density at radius 3 is 2.83 bits per heavy atom. The standard InChI is InChI=1S/C9H9BrOS/c1-6(2)3-8(11)7-4-9(10)12-5-7/h4-5H,1,3H2,2H3. The zero-order valence-electron chi connectivity index (χ0n) is 6.76. The Kier molecular flexibility index (Phi) is 3.23. The van der Waals surface area contributed by atoms with Gasteiger partial charge in [0.25, 0.3) is 0 Å². The molecule has 0 aliphatic rings. The zero-order chi connectivity index (χ0) is 9.14. The Morgan fingerprint density at radius 1 is 1.75 bits per heavy atom. The molecule has 0 bridgehead atoms. The van der Waals surface area contributed by atoms with Crippen LogP contribution in [-0.2, 0) is 0 Å². The summed E-state index contributed by atoms with van der Waals surface area (Å²) in [4.78, 5) is 11.4. The summed E-state index contributed by atoms with van der Waals surface area (Å²) in [6.07, 6.45) is 0.448. The van der Waals surface area contributed by atoms with Gasteiger partial charge in [0.1, 0.15) is 0 Å². The van der Waals surface area contributed by atoms with E-state index in [4.69, 9.17) is 0 Å². The van der Waals surface area contributed by atoms with Crippen molar-refractivity contribution in [3.05, 3.63) is 32.9 Å². The van der Waals surface area contributed by atoms with Crippen molar-refractivity contribution in [3.8, 4) is 0 Å². The number of ketones is 1. The van der Waals surface area contributed by atoms with Crippen molar-refractivity contribution < 1.29 is 4.79 Å². The summed E-state index contributed by atoms with van der Waals surface area (Å²) in [5, 5.41) is 1.86. The van der Waals surface area contributed by atoms with Crippen LogP contribution in [0.4, 0.5) is 0 Å². The van der Waals surface area contributed by atoms with E-state index in [0.717, 1.165) is 14.9 Å². The van der Waals surface area contributed by atoms with Crippen molar-refractivity contribution in [3.63, 3.8) is 0 Å². The predicted octanol–water partition coefficient (Wildman–Crippen LogP) is 3.66. The van der Waals surface area contributed by atoms with Gasteiger partial charge in [0.05, 0.1) is 3.79 Å². The van der Waals surface area contributed by atoms with Gasteiger partial charge in [-0.1, -0.05) is 12.2 Å². The van der Waals surface area contributed by atoms with E-state index in [1.165, 1.54) is 11.3 Å². The number of hydrogen-bond acceptors (Lipinski definition) is 2. The van der Waals surface area contributed by atoms with Crippen LogP contribution in [0, 0.1) is 0 Å². The molecular weight excluding hydrogens is 236 g/mol. The largest absolute Gasteiger partial charge is 0.294 e. The normalized spacial score (nSPS) is 9.83. The highest BCUT2D eigenvalue weighted by molar-refractivity contribution is 9.11. The van der Waals surface area contributed by atoms with Crippen LogP contribution in [-0.4, -0.2) is 5.78 Å². The number of thiophene rings is 1. The first-order chi connectivity index (χ1) is 5.59. The Labute approximate surface area is 84.2 Å². The molecule has 0 aromatic carbocycles. The summed E-state index contributed by atoms with van der Waals surface area (Å²) in [5.41, 5.74) is 1.68. The number of hydrogen-bond donors (Lipinski definition) is 0. The topological polar surface area (TPSA) is 17.1 Å². The highest BCUT2D eigenvalue weighted by Crippen LogP contribution is 2.22. The van der Waals surface area contributed by atoms with Gasteiger partial charge in [0.2, 0.25) is 0 Å². The van der Waals surface area contributed by atoms with E-state index >= 15 is 0 Å². The molecule has 1 nitrogen and oxygen atoms in total. The third-order valence-corrected chi connectivity index (χ3v) is 2.86. The van der Waals surface area contributed by atoms with Gasteiger partial charge in [-0.15, -0.1) is 11.3 Å². The third kappa shape index (κ3) is 2.57. The number of halogens is 1. The molecule has 0 saturated carbocycles. The van der Waals surface area contributed by atoms with Gasteiger partial charge in [0.15, 0.2) is 5.78 Å². The fraction of sp³-hybridized carbons (Fsp3) is 0.222. The van der Waals surface area contributed by atoms with Gasteiger partial charge >= 0.3 is 0 Å². The Hall–Kier alpha value is -0.410. The minimum atomic E-state index is 0.143. The first kappa shape index (κ1) is 9.68. The molecule has 1 heterocycles. The van der Waals surface area contributed by atoms with Crippen LogP contribution < -0.4 is 0 Å². The third-order valence-electron chi connectivity index (χ3n) is 1.35. The average Bonchev–Trinajstić information content (AvgIpc) is 2.34. The fourth-order valence-corrected chi connectivity index (χ4v) is 1.99. The Balaban J connectivity index is 2.72. The molecule has 1 aromatic rings. The van der Waals surface area contributed by atoms with Gasteiger partial charge < -0.3 is 0 Å². The Morgan fingerprint density at radius 2 is 2.42 bits per heavy atom. The molecule has 0 aliphatic heterocycles. The second-order valence-electron chi connectivity index (χ2n) is 2.70. The monoisotopic (exact) mass is 244 g/mol. The molecule has 0 unspecified atom stereocenters. The highest BCUT2D eigenvalue weighted by atomic mass is 79.9. The molecule has 0 saturated heterocycles. The summed E-state index contributed by atoms with van der Waals surface area (Å²) in [5.74, 6) is 0.143. The van der Waals surface area contributed by atoms with Crippen molar-refractivity contribution >= 4 is 33.0 Å². The van der Waals surface area contributed by atoms with Crippen molar-refractivity contribution in [2.75, 3.05) is 0 Å². The van der Waals surface area contributed by atoms with Crippen molar-refractivity contribution in [2.45, 2.75) is 13.3 Å². The molecule has 0 fully saturated rings.